The fraction of sp³-hybridized carbons (Fsp3) is 0.294. The van der Waals surface area contributed by atoms with Crippen molar-refractivity contribution >= 4 is 0 Å². The highest BCUT2D eigenvalue weighted by Crippen LogP contribution is 2.33. The average molecular weight is 288 g/mol. The largest absolute Gasteiger partial charge is 0.504 e. The van der Waals surface area contributed by atoms with Crippen molar-refractivity contribution in [3.8, 4) is 23.0 Å². The van der Waals surface area contributed by atoms with E-state index in [2.05, 4.69) is 0 Å². The Bertz CT molecular complexity index is 605. The van der Waals surface area contributed by atoms with Gasteiger partial charge in [-0.2, -0.15) is 0 Å². The van der Waals surface area contributed by atoms with E-state index in [0.717, 1.165) is 22.3 Å². The van der Waals surface area contributed by atoms with Gasteiger partial charge in [0.15, 0.2) is 23.0 Å². The van der Waals surface area contributed by atoms with E-state index >= 15 is 0 Å². The van der Waals surface area contributed by atoms with Crippen molar-refractivity contribution in [1.82, 2.24) is 0 Å². The molecule has 0 radical (unpaired) electrons. The van der Waals surface area contributed by atoms with Gasteiger partial charge in [0.2, 0.25) is 0 Å². The molecule has 21 heavy (non-hydrogen) atoms. The molecule has 2 aromatic carbocycles. The van der Waals surface area contributed by atoms with Gasteiger partial charge < -0.3 is 19.7 Å². The maximum absolute atomic E-state index is 9.91. The second-order valence-electron chi connectivity index (χ2n) is 5.08. The van der Waals surface area contributed by atoms with Crippen molar-refractivity contribution in [2.45, 2.75) is 20.3 Å². The topological polar surface area (TPSA) is 58.9 Å². The monoisotopic (exact) mass is 288 g/mol. The number of ether oxygens (including phenoxy) is 2. The number of methoxy groups -OCH3 is 2. The highest BCUT2D eigenvalue weighted by Gasteiger charge is 2.11. The van der Waals surface area contributed by atoms with Crippen LogP contribution < -0.4 is 9.47 Å². The molecule has 0 spiro atoms. The van der Waals surface area contributed by atoms with E-state index in [1.165, 1.54) is 14.2 Å². The molecular formula is C17H20O4. The zero-order valence-electron chi connectivity index (χ0n) is 12.7. The van der Waals surface area contributed by atoms with E-state index < -0.39 is 0 Å². The van der Waals surface area contributed by atoms with Crippen LogP contribution in [-0.2, 0) is 6.42 Å². The molecule has 0 aromatic heterocycles. The second kappa shape index (κ2) is 5.95. The van der Waals surface area contributed by atoms with Gasteiger partial charge in [-0.1, -0.05) is 0 Å². The SMILES string of the molecule is COc1cc(C)c(Cc2cc(O)c(OC)cc2C)cc1O. The molecule has 4 heteroatoms. The number of benzene rings is 2. The van der Waals surface area contributed by atoms with Crippen LogP contribution in [0.1, 0.15) is 22.3 Å². The first-order chi connectivity index (χ1) is 9.96. The maximum Gasteiger partial charge on any atom is 0.160 e. The molecule has 4 nitrogen and oxygen atoms in total. The molecule has 0 amide bonds. The van der Waals surface area contributed by atoms with E-state index in [1.54, 1.807) is 12.1 Å². The Labute approximate surface area is 124 Å². The summed E-state index contributed by atoms with van der Waals surface area (Å²) in [6.07, 6.45) is 0.618. The average Bonchev–Trinajstić information content (AvgIpc) is 2.45. The Kier molecular flexibility index (Phi) is 4.26. The molecule has 0 aliphatic heterocycles. The minimum atomic E-state index is 0.119. The first kappa shape index (κ1) is 15.0. The van der Waals surface area contributed by atoms with Gasteiger partial charge in [0.05, 0.1) is 14.2 Å². The Morgan fingerprint density at radius 3 is 1.48 bits per heavy atom. The summed E-state index contributed by atoms with van der Waals surface area (Å²) >= 11 is 0. The van der Waals surface area contributed by atoms with Crippen LogP contribution in [-0.4, -0.2) is 24.4 Å². The van der Waals surface area contributed by atoms with Gasteiger partial charge in [0.25, 0.3) is 0 Å². The van der Waals surface area contributed by atoms with Crippen molar-refractivity contribution in [2.75, 3.05) is 14.2 Å². The summed E-state index contributed by atoms with van der Waals surface area (Å²) in [5, 5.41) is 19.8. The normalized spacial score (nSPS) is 10.5. The Balaban J connectivity index is 2.39. The summed E-state index contributed by atoms with van der Waals surface area (Å²) in [4.78, 5) is 0. The third-order valence-electron chi connectivity index (χ3n) is 3.66. The second-order valence-corrected chi connectivity index (χ2v) is 5.08. The maximum atomic E-state index is 9.91. The lowest BCUT2D eigenvalue weighted by molar-refractivity contribution is 0.372. The standard InChI is InChI=1S/C17H20O4/c1-10-5-16(20-3)14(18)8-12(10)7-13-9-15(19)17(21-4)6-11(13)2/h5-6,8-9,18-19H,7H2,1-4H3. The van der Waals surface area contributed by atoms with Gasteiger partial charge in [-0.25, -0.2) is 0 Å². The van der Waals surface area contributed by atoms with Crippen LogP contribution in [0.4, 0.5) is 0 Å². The highest BCUT2D eigenvalue weighted by molar-refractivity contribution is 5.51. The molecule has 112 valence electrons. The van der Waals surface area contributed by atoms with Gasteiger partial charge in [0.1, 0.15) is 0 Å². The number of hydrogen-bond acceptors (Lipinski definition) is 4. The van der Waals surface area contributed by atoms with Crippen LogP contribution in [0.2, 0.25) is 0 Å². The van der Waals surface area contributed by atoms with Gasteiger partial charge in [-0.15, -0.1) is 0 Å². The highest BCUT2D eigenvalue weighted by atomic mass is 16.5. The number of aryl methyl sites for hydroxylation is 2. The van der Waals surface area contributed by atoms with Crippen LogP contribution in [0.5, 0.6) is 23.0 Å². The third-order valence-corrected chi connectivity index (χ3v) is 3.66. The molecule has 0 heterocycles. The smallest absolute Gasteiger partial charge is 0.160 e. The Hall–Kier alpha value is -2.36. The summed E-state index contributed by atoms with van der Waals surface area (Å²) in [6, 6.07) is 7.02. The van der Waals surface area contributed by atoms with Crippen LogP contribution in [0.15, 0.2) is 24.3 Å². The molecule has 2 aromatic rings. The zero-order chi connectivity index (χ0) is 15.6. The van der Waals surface area contributed by atoms with Crippen LogP contribution >= 0.6 is 0 Å². The van der Waals surface area contributed by atoms with Crippen molar-refractivity contribution < 1.29 is 19.7 Å². The number of rotatable bonds is 4. The molecule has 0 saturated carbocycles. The molecule has 0 fully saturated rings. The molecule has 0 saturated heterocycles. The van der Waals surface area contributed by atoms with E-state index in [9.17, 15) is 10.2 Å². The van der Waals surface area contributed by atoms with E-state index in [-0.39, 0.29) is 11.5 Å². The molecule has 2 rings (SSSR count). The van der Waals surface area contributed by atoms with Gasteiger partial charge >= 0.3 is 0 Å². The van der Waals surface area contributed by atoms with Crippen molar-refractivity contribution in [3.05, 3.63) is 46.5 Å². The van der Waals surface area contributed by atoms with Crippen molar-refractivity contribution in [2.24, 2.45) is 0 Å². The predicted octanol–water partition coefficient (Wildman–Crippen LogP) is 3.32. The van der Waals surface area contributed by atoms with Crippen molar-refractivity contribution in [3.63, 3.8) is 0 Å². The third kappa shape index (κ3) is 3.05. The molecule has 0 bridgehead atoms. The van der Waals surface area contributed by atoms with E-state index in [1.807, 2.05) is 26.0 Å². The molecule has 2 N–H and O–H groups in total. The number of aromatic hydroxyl groups is 2. The molecule has 0 aliphatic carbocycles. The van der Waals surface area contributed by atoms with Crippen molar-refractivity contribution in [1.29, 1.82) is 0 Å². The lowest BCUT2D eigenvalue weighted by Crippen LogP contribution is -1.97. The van der Waals surface area contributed by atoms with Gasteiger partial charge in [-0.05, 0) is 66.8 Å². The summed E-state index contributed by atoms with van der Waals surface area (Å²) in [6.45, 7) is 3.94. The fourth-order valence-corrected chi connectivity index (χ4v) is 2.34. The lowest BCUT2D eigenvalue weighted by Gasteiger charge is -2.13. The minimum Gasteiger partial charge on any atom is -0.504 e. The fourth-order valence-electron chi connectivity index (χ4n) is 2.34. The van der Waals surface area contributed by atoms with Gasteiger partial charge in [0, 0.05) is 0 Å². The molecular weight excluding hydrogens is 268 g/mol. The van der Waals surface area contributed by atoms with Crippen LogP contribution in [0, 0.1) is 13.8 Å². The van der Waals surface area contributed by atoms with E-state index in [0.29, 0.717) is 17.9 Å². The molecule has 0 unspecified atom stereocenters. The number of phenols is 2. The Morgan fingerprint density at radius 2 is 1.14 bits per heavy atom. The number of phenolic OH excluding ortho intramolecular Hbond substituents is 2. The minimum absolute atomic E-state index is 0.119. The first-order valence-electron chi connectivity index (χ1n) is 6.69. The van der Waals surface area contributed by atoms with Gasteiger partial charge in [-0.3, -0.25) is 0 Å². The summed E-state index contributed by atoms with van der Waals surface area (Å²) in [7, 11) is 3.06. The summed E-state index contributed by atoms with van der Waals surface area (Å²) < 4.78 is 10.2. The predicted molar refractivity (Wildman–Crippen MR) is 81.6 cm³/mol. The van der Waals surface area contributed by atoms with Crippen LogP contribution in [0.3, 0.4) is 0 Å². The Morgan fingerprint density at radius 1 is 0.762 bits per heavy atom. The van der Waals surface area contributed by atoms with Crippen LogP contribution in [0.25, 0.3) is 0 Å². The molecule has 0 aliphatic rings. The molecule has 0 atom stereocenters. The summed E-state index contributed by atoms with van der Waals surface area (Å²) in [5.41, 5.74) is 4.03. The zero-order valence-corrected chi connectivity index (χ0v) is 12.7. The van der Waals surface area contributed by atoms with E-state index in [4.69, 9.17) is 9.47 Å². The lowest BCUT2D eigenvalue weighted by atomic mass is 9.96. The quantitative estimate of drug-likeness (QED) is 0.906. The first-order valence-corrected chi connectivity index (χ1v) is 6.69. The number of hydrogen-bond donors (Lipinski definition) is 2. The summed E-state index contributed by atoms with van der Waals surface area (Å²) in [5.74, 6) is 1.16.